The van der Waals surface area contributed by atoms with E-state index >= 15 is 0 Å². The van der Waals surface area contributed by atoms with E-state index in [1.807, 2.05) is 11.8 Å². The van der Waals surface area contributed by atoms with Crippen LogP contribution in [0.15, 0.2) is 0 Å². The number of methoxy groups -OCH3 is 1. The van der Waals surface area contributed by atoms with Gasteiger partial charge in [0.05, 0.1) is 6.61 Å². The summed E-state index contributed by atoms with van der Waals surface area (Å²) in [6.07, 6.45) is 3.22. The van der Waals surface area contributed by atoms with Crippen molar-refractivity contribution >= 4 is 12.0 Å². The summed E-state index contributed by atoms with van der Waals surface area (Å²) in [7, 11) is 1.59. The van der Waals surface area contributed by atoms with E-state index in [-0.39, 0.29) is 17.9 Å². The van der Waals surface area contributed by atoms with Crippen molar-refractivity contribution in [3.05, 3.63) is 0 Å². The fourth-order valence-electron chi connectivity index (χ4n) is 5.44. The number of amides is 2. The molecule has 140 valence electrons. The van der Waals surface area contributed by atoms with Gasteiger partial charge >= 0.3 is 6.09 Å². The molecule has 1 N–H and O–H groups in total. The molecule has 3 heterocycles. The van der Waals surface area contributed by atoms with Crippen LogP contribution < -0.4 is 5.32 Å². The molecule has 3 aliphatic heterocycles. The van der Waals surface area contributed by atoms with Crippen molar-refractivity contribution in [2.24, 2.45) is 23.7 Å². The van der Waals surface area contributed by atoms with Crippen LogP contribution in [0.25, 0.3) is 0 Å². The number of hydrogen-bond donors (Lipinski definition) is 1. The quantitative estimate of drug-likeness (QED) is 0.745. The number of nitrogens with one attached hydrogen (secondary N) is 1. The van der Waals surface area contributed by atoms with Gasteiger partial charge in [0.25, 0.3) is 0 Å². The molecule has 5 rings (SSSR count). The lowest BCUT2D eigenvalue weighted by molar-refractivity contribution is -0.124. The van der Waals surface area contributed by atoms with Crippen LogP contribution >= 0.6 is 0 Å². The van der Waals surface area contributed by atoms with Crippen molar-refractivity contribution in [1.29, 1.82) is 0 Å². The zero-order chi connectivity index (χ0) is 17.6. The summed E-state index contributed by atoms with van der Waals surface area (Å²) in [5.41, 5.74) is 0. The van der Waals surface area contributed by atoms with E-state index in [1.54, 1.807) is 7.11 Å². The van der Waals surface area contributed by atoms with Crippen LogP contribution in [0.4, 0.5) is 4.79 Å². The Morgan fingerprint density at radius 1 is 1.16 bits per heavy atom. The molecule has 0 radical (unpaired) electrons. The summed E-state index contributed by atoms with van der Waals surface area (Å²) in [6, 6.07) is 0.895. The maximum Gasteiger partial charge on any atom is 0.410 e. The Bertz CT molecular complexity index is 530. The van der Waals surface area contributed by atoms with Crippen LogP contribution in [0.2, 0.25) is 0 Å². The predicted molar refractivity (Wildman–Crippen MR) is 90.7 cm³/mol. The summed E-state index contributed by atoms with van der Waals surface area (Å²) in [5, 5.41) is 2.84. The molecule has 5 aliphatic rings. The second-order valence-electron chi connectivity index (χ2n) is 7.93. The topological polar surface area (TPSA) is 71.1 Å². The maximum absolute atomic E-state index is 12.1. The molecule has 0 aromatic carbocycles. The number of rotatable bonds is 5. The summed E-state index contributed by atoms with van der Waals surface area (Å²) in [5.74, 6) is 1.91. The summed E-state index contributed by atoms with van der Waals surface area (Å²) in [4.78, 5) is 28.8. The molecule has 5 fully saturated rings. The molecule has 2 bridgehead atoms. The number of likely N-dealkylation sites (tertiary alicyclic amines) is 1. The minimum atomic E-state index is -0.144. The molecule has 2 amide bonds. The monoisotopic (exact) mass is 351 g/mol. The summed E-state index contributed by atoms with van der Waals surface area (Å²) >= 11 is 0. The third-order valence-corrected chi connectivity index (χ3v) is 6.69. The molecule has 0 spiro atoms. The van der Waals surface area contributed by atoms with E-state index in [0.717, 1.165) is 32.5 Å². The smallest absolute Gasteiger partial charge is 0.410 e. The number of piperidine rings is 3. The number of carbonyl (C=O) groups excluding carboxylic acids is 2. The highest BCUT2D eigenvalue weighted by molar-refractivity contribution is 5.82. The average Bonchev–Trinajstić information content (AvgIpc) is 3.14. The van der Waals surface area contributed by atoms with Crippen LogP contribution in [0.3, 0.4) is 0 Å². The Hall–Kier alpha value is -1.34. The van der Waals surface area contributed by atoms with E-state index in [0.29, 0.717) is 43.2 Å². The largest absolute Gasteiger partial charge is 0.450 e. The van der Waals surface area contributed by atoms with Crippen LogP contribution in [0.5, 0.6) is 0 Å². The Morgan fingerprint density at radius 2 is 1.92 bits per heavy atom. The van der Waals surface area contributed by atoms with Gasteiger partial charge < -0.3 is 19.7 Å². The molecule has 7 heteroatoms. The van der Waals surface area contributed by atoms with Crippen molar-refractivity contribution in [2.75, 3.05) is 40.1 Å². The third kappa shape index (κ3) is 3.01. The van der Waals surface area contributed by atoms with Crippen molar-refractivity contribution in [2.45, 2.75) is 38.3 Å². The lowest BCUT2D eigenvalue weighted by Crippen LogP contribution is -2.60. The number of hydrogen-bond acceptors (Lipinski definition) is 5. The highest BCUT2D eigenvalue weighted by Gasteiger charge is 2.61. The first-order chi connectivity index (χ1) is 12.1. The number of nitrogens with zero attached hydrogens (tertiary/aromatic N) is 2. The molecule has 25 heavy (non-hydrogen) atoms. The highest BCUT2D eigenvalue weighted by atomic mass is 16.6. The van der Waals surface area contributed by atoms with Crippen LogP contribution in [-0.4, -0.2) is 74.0 Å². The van der Waals surface area contributed by atoms with Gasteiger partial charge in [0, 0.05) is 44.7 Å². The Kier molecular flexibility index (Phi) is 4.62. The Balaban J connectivity index is 1.30. The standard InChI is InChI=1S/C18H29N3O4/c1-3-25-18(23)21-7-11-4-5-12(21)6-15(11)20-8-13-14(9-20)16(13)17(22)19-10-24-2/h11-16H,3-10H2,1-2H3,(H,19,22). The lowest BCUT2D eigenvalue weighted by Gasteiger charge is -2.51. The van der Waals surface area contributed by atoms with E-state index < -0.39 is 0 Å². The van der Waals surface area contributed by atoms with Crippen molar-refractivity contribution < 1.29 is 19.1 Å². The second-order valence-corrected chi connectivity index (χ2v) is 7.93. The van der Waals surface area contributed by atoms with Crippen LogP contribution in [0.1, 0.15) is 26.2 Å². The van der Waals surface area contributed by atoms with Gasteiger partial charge in [-0.1, -0.05) is 0 Å². The second kappa shape index (κ2) is 6.76. The molecule has 3 saturated heterocycles. The molecule has 2 aliphatic carbocycles. The molecule has 7 nitrogen and oxygen atoms in total. The number of ether oxygens (including phenoxy) is 2. The van der Waals surface area contributed by atoms with Gasteiger partial charge in [0.15, 0.2) is 0 Å². The summed E-state index contributed by atoms with van der Waals surface area (Å²) in [6.45, 7) is 5.50. The van der Waals surface area contributed by atoms with Gasteiger partial charge in [-0.05, 0) is 43.9 Å². The fraction of sp³-hybridized carbons (Fsp3) is 0.889. The zero-order valence-corrected chi connectivity index (χ0v) is 15.1. The van der Waals surface area contributed by atoms with Gasteiger partial charge in [-0.15, -0.1) is 0 Å². The zero-order valence-electron chi connectivity index (χ0n) is 15.1. The molecule has 0 aromatic heterocycles. The van der Waals surface area contributed by atoms with Gasteiger partial charge in [-0.2, -0.15) is 0 Å². The minimum Gasteiger partial charge on any atom is -0.450 e. The first kappa shape index (κ1) is 17.1. The third-order valence-electron chi connectivity index (χ3n) is 6.69. The van der Waals surface area contributed by atoms with E-state index in [1.165, 1.54) is 6.42 Å². The first-order valence-electron chi connectivity index (χ1n) is 9.58. The summed E-state index contributed by atoms with van der Waals surface area (Å²) < 4.78 is 10.1. The van der Waals surface area contributed by atoms with Gasteiger partial charge in [-0.3, -0.25) is 9.69 Å². The molecule has 5 atom stereocenters. The van der Waals surface area contributed by atoms with Crippen molar-refractivity contribution in [3.63, 3.8) is 0 Å². The van der Waals surface area contributed by atoms with Crippen molar-refractivity contribution in [1.82, 2.24) is 15.1 Å². The Morgan fingerprint density at radius 3 is 2.52 bits per heavy atom. The van der Waals surface area contributed by atoms with Gasteiger partial charge in [-0.25, -0.2) is 4.79 Å². The molecule has 0 aromatic rings. The highest BCUT2D eigenvalue weighted by Crippen LogP contribution is 2.54. The molecule has 2 saturated carbocycles. The van der Waals surface area contributed by atoms with E-state index in [4.69, 9.17) is 9.47 Å². The van der Waals surface area contributed by atoms with Crippen LogP contribution in [-0.2, 0) is 14.3 Å². The van der Waals surface area contributed by atoms with E-state index in [2.05, 4.69) is 10.2 Å². The predicted octanol–water partition coefficient (Wildman–Crippen LogP) is 0.894. The van der Waals surface area contributed by atoms with Crippen molar-refractivity contribution in [3.8, 4) is 0 Å². The van der Waals surface area contributed by atoms with Gasteiger partial charge in [0.1, 0.15) is 6.73 Å². The normalized spacial score (nSPS) is 39.2. The SMILES string of the molecule is CCOC(=O)N1CC2CCC1CC2N1CC2C(C1)C2C(=O)NCOC. The Labute approximate surface area is 149 Å². The fourth-order valence-corrected chi connectivity index (χ4v) is 5.44. The average molecular weight is 351 g/mol. The first-order valence-corrected chi connectivity index (χ1v) is 9.58. The van der Waals surface area contributed by atoms with Crippen LogP contribution in [0, 0.1) is 23.7 Å². The van der Waals surface area contributed by atoms with E-state index in [9.17, 15) is 9.59 Å². The maximum atomic E-state index is 12.1. The molecular formula is C18H29N3O4. The molecular weight excluding hydrogens is 322 g/mol. The van der Waals surface area contributed by atoms with Gasteiger partial charge in [0.2, 0.25) is 5.91 Å². The number of carbonyl (C=O) groups is 2. The minimum absolute atomic E-state index is 0.144. The lowest BCUT2D eigenvalue weighted by atomic mass is 9.75. The molecule has 5 unspecified atom stereocenters. The number of fused-ring (bicyclic) bond motifs is 4.